The zero-order chi connectivity index (χ0) is 12.3. The largest absolute Gasteiger partial charge is 0.449 e. The van der Waals surface area contributed by atoms with E-state index in [1.807, 2.05) is 48.1 Å². The van der Waals surface area contributed by atoms with Crippen LogP contribution in [0.3, 0.4) is 0 Å². The fraction of sp³-hybridized carbons (Fsp3) is 0.231. The van der Waals surface area contributed by atoms with Crippen LogP contribution in [-0.2, 0) is 16.6 Å². The van der Waals surface area contributed by atoms with Crippen molar-refractivity contribution in [2.75, 3.05) is 0 Å². The Hall–Kier alpha value is -2.10. The molecule has 1 aromatic carbocycles. The van der Waals surface area contributed by atoms with Gasteiger partial charge in [-0.05, 0) is 0 Å². The average molecular weight is 230 g/mol. The minimum Gasteiger partial charge on any atom is -0.449 e. The highest BCUT2D eigenvalue weighted by molar-refractivity contribution is 5.66. The van der Waals surface area contributed by atoms with Gasteiger partial charge in [0, 0.05) is 31.9 Å². The summed E-state index contributed by atoms with van der Waals surface area (Å²) in [5, 5.41) is 0. The minimum atomic E-state index is -0.450. The number of nitrogens with zero attached hydrogens (tertiary/aromatic N) is 2. The molecule has 88 valence electrons. The van der Waals surface area contributed by atoms with Crippen LogP contribution in [0.1, 0.15) is 24.4 Å². The molecule has 0 spiro atoms. The van der Waals surface area contributed by atoms with Gasteiger partial charge in [0.2, 0.25) is 0 Å². The number of carbonyl (C=O) groups is 1. The highest BCUT2D eigenvalue weighted by Gasteiger charge is 2.20. The monoisotopic (exact) mass is 230 g/mol. The summed E-state index contributed by atoms with van der Waals surface area (Å²) in [7, 11) is 1.88. The number of hydrogen-bond donors (Lipinski definition) is 0. The lowest BCUT2D eigenvalue weighted by Crippen LogP contribution is -2.14. The summed E-state index contributed by atoms with van der Waals surface area (Å²) in [6.07, 6.45) is 3.07. The smallest absolute Gasteiger partial charge is 0.303 e. The topological polar surface area (TPSA) is 44.1 Å². The molecule has 1 unspecified atom stereocenters. The number of hydrogen-bond acceptors (Lipinski definition) is 3. The summed E-state index contributed by atoms with van der Waals surface area (Å²) in [4.78, 5) is 15.4. The zero-order valence-electron chi connectivity index (χ0n) is 9.83. The van der Waals surface area contributed by atoms with Crippen molar-refractivity contribution in [3.63, 3.8) is 0 Å². The normalized spacial score (nSPS) is 12.1. The van der Waals surface area contributed by atoms with Crippen LogP contribution >= 0.6 is 0 Å². The Balaban J connectivity index is 2.39. The first-order valence-electron chi connectivity index (χ1n) is 5.38. The lowest BCUT2D eigenvalue weighted by Gasteiger charge is -2.17. The summed E-state index contributed by atoms with van der Waals surface area (Å²) in [5.74, 6) is 0.397. The van der Waals surface area contributed by atoms with Gasteiger partial charge in [0.25, 0.3) is 0 Å². The molecule has 0 radical (unpaired) electrons. The lowest BCUT2D eigenvalue weighted by molar-refractivity contribution is -0.145. The van der Waals surface area contributed by atoms with Crippen LogP contribution in [0, 0.1) is 0 Å². The minimum absolute atomic E-state index is 0.318. The number of rotatable bonds is 3. The average Bonchev–Trinajstić information content (AvgIpc) is 2.73. The standard InChI is InChI=1S/C13H14N2O2/c1-10(16)17-12(11-6-4-3-5-7-11)13-14-8-9-15(13)2/h3-9,12H,1-2H3. The van der Waals surface area contributed by atoms with Crippen molar-refractivity contribution in [2.45, 2.75) is 13.0 Å². The maximum Gasteiger partial charge on any atom is 0.303 e. The van der Waals surface area contributed by atoms with Gasteiger partial charge in [0.15, 0.2) is 11.9 Å². The Morgan fingerprint density at radius 1 is 1.35 bits per heavy atom. The molecule has 1 heterocycles. The SMILES string of the molecule is CC(=O)OC(c1ccccc1)c1nccn1C. The Labute approximate surface area is 99.9 Å². The first-order chi connectivity index (χ1) is 8.18. The van der Waals surface area contributed by atoms with Crippen LogP contribution in [0.15, 0.2) is 42.7 Å². The Morgan fingerprint density at radius 3 is 2.59 bits per heavy atom. The molecule has 17 heavy (non-hydrogen) atoms. The van der Waals surface area contributed by atoms with Gasteiger partial charge >= 0.3 is 5.97 Å². The van der Waals surface area contributed by atoms with Gasteiger partial charge in [-0.2, -0.15) is 0 Å². The molecule has 0 fully saturated rings. The van der Waals surface area contributed by atoms with Crippen LogP contribution in [0.25, 0.3) is 0 Å². The summed E-state index contributed by atoms with van der Waals surface area (Å²) < 4.78 is 7.19. The number of esters is 1. The van der Waals surface area contributed by atoms with E-state index in [-0.39, 0.29) is 5.97 Å². The summed E-state index contributed by atoms with van der Waals surface area (Å²) >= 11 is 0. The van der Waals surface area contributed by atoms with E-state index in [1.54, 1.807) is 6.20 Å². The van der Waals surface area contributed by atoms with Crippen molar-refractivity contribution in [1.29, 1.82) is 0 Å². The molecule has 4 nitrogen and oxygen atoms in total. The van der Waals surface area contributed by atoms with E-state index in [1.165, 1.54) is 6.92 Å². The molecule has 2 aromatic rings. The number of ether oxygens (including phenoxy) is 1. The second kappa shape index (κ2) is 4.82. The molecule has 0 aliphatic heterocycles. The van der Waals surface area contributed by atoms with E-state index in [4.69, 9.17) is 4.74 Å². The number of aromatic nitrogens is 2. The van der Waals surface area contributed by atoms with Crippen LogP contribution < -0.4 is 0 Å². The highest BCUT2D eigenvalue weighted by Crippen LogP contribution is 2.24. The van der Waals surface area contributed by atoms with E-state index < -0.39 is 6.10 Å². The fourth-order valence-electron chi connectivity index (χ4n) is 1.69. The van der Waals surface area contributed by atoms with Crippen molar-refractivity contribution < 1.29 is 9.53 Å². The summed E-state index contributed by atoms with van der Waals surface area (Å²) in [6.45, 7) is 1.40. The van der Waals surface area contributed by atoms with E-state index in [0.717, 1.165) is 5.56 Å². The number of benzene rings is 1. The van der Waals surface area contributed by atoms with Crippen molar-refractivity contribution in [3.05, 3.63) is 54.1 Å². The predicted octanol–water partition coefficient (Wildman–Crippen LogP) is 2.07. The third-order valence-electron chi connectivity index (χ3n) is 2.48. The zero-order valence-corrected chi connectivity index (χ0v) is 9.83. The van der Waals surface area contributed by atoms with Crippen molar-refractivity contribution in [3.8, 4) is 0 Å². The number of carbonyl (C=O) groups excluding carboxylic acids is 1. The maximum absolute atomic E-state index is 11.2. The number of aryl methyl sites for hydroxylation is 1. The molecule has 0 bridgehead atoms. The molecule has 0 aliphatic carbocycles. The molecule has 0 N–H and O–H groups in total. The molecule has 0 aliphatic rings. The first kappa shape index (κ1) is 11.4. The summed E-state index contributed by atoms with van der Waals surface area (Å²) in [6, 6.07) is 9.58. The third kappa shape index (κ3) is 2.53. The molecule has 0 saturated heterocycles. The molecule has 0 amide bonds. The van der Waals surface area contributed by atoms with Crippen LogP contribution in [0.5, 0.6) is 0 Å². The van der Waals surface area contributed by atoms with Crippen molar-refractivity contribution >= 4 is 5.97 Å². The molecule has 4 heteroatoms. The Kier molecular flexibility index (Phi) is 3.23. The predicted molar refractivity (Wildman–Crippen MR) is 63.3 cm³/mol. The molecule has 1 aromatic heterocycles. The van der Waals surface area contributed by atoms with E-state index in [2.05, 4.69) is 4.98 Å². The second-order valence-corrected chi connectivity index (χ2v) is 3.80. The van der Waals surface area contributed by atoms with Gasteiger partial charge in [0.05, 0.1) is 0 Å². The van der Waals surface area contributed by atoms with Crippen LogP contribution in [0.2, 0.25) is 0 Å². The molecule has 0 saturated carbocycles. The van der Waals surface area contributed by atoms with Gasteiger partial charge in [-0.1, -0.05) is 30.3 Å². The van der Waals surface area contributed by atoms with Gasteiger partial charge in [-0.25, -0.2) is 4.98 Å². The highest BCUT2D eigenvalue weighted by atomic mass is 16.5. The third-order valence-corrected chi connectivity index (χ3v) is 2.48. The second-order valence-electron chi connectivity index (χ2n) is 3.80. The van der Waals surface area contributed by atoms with Crippen molar-refractivity contribution in [2.24, 2.45) is 7.05 Å². The maximum atomic E-state index is 11.2. The number of imidazole rings is 1. The van der Waals surface area contributed by atoms with Crippen LogP contribution in [-0.4, -0.2) is 15.5 Å². The lowest BCUT2D eigenvalue weighted by atomic mass is 10.1. The van der Waals surface area contributed by atoms with Gasteiger partial charge in [0.1, 0.15) is 0 Å². The Bertz CT molecular complexity index is 505. The molecule has 1 atom stereocenters. The molecular formula is C13H14N2O2. The van der Waals surface area contributed by atoms with Gasteiger partial charge in [-0.15, -0.1) is 0 Å². The van der Waals surface area contributed by atoms with E-state index in [9.17, 15) is 4.79 Å². The van der Waals surface area contributed by atoms with Gasteiger partial charge < -0.3 is 9.30 Å². The van der Waals surface area contributed by atoms with E-state index in [0.29, 0.717) is 5.82 Å². The first-order valence-corrected chi connectivity index (χ1v) is 5.38. The molecule has 2 rings (SSSR count). The van der Waals surface area contributed by atoms with Crippen LogP contribution in [0.4, 0.5) is 0 Å². The van der Waals surface area contributed by atoms with Gasteiger partial charge in [-0.3, -0.25) is 4.79 Å². The quantitative estimate of drug-likeness (QED) is 0.758. The van der Waals surface area contributed by atoms with Crippen molar-refractivity contribution in [1.82, 2.24) is 9.55 Å². The summed E-state index contributed by atoms with van der Waals surface area (Å²) in [5.41, 5.74) is 0.914. The fourth-order valence-corrected chi connectivity index (χ4v) is 1.69. The van der Waals surface area contributed by atoms with E-state index >= 15 is 0 Å². The molecular weight excluding hydrogens is 216 g/mol. The Morgan fingerprint density at radius 2 is 2.06 bits per heavy atom.